The minimum atomic E-state index is -0.0744. The number of ether oxygens (including phenoxy) is 2. The smallest absolute Gasteiger partial charge is 0.216 e. The van der Waals surface area contributed by atoms with E-state index in [-0.39, 0.29) is 6.10 Å². The molecule has 6 nitrogen and oxygen atoms in total. The summed E-state index contributed by atoms with van der Waals surface area (Å²) in [6, 6.07) is 14.8. The lowest BCUT2D eigenvalue weighted by Crippen LogP contribution is -2.05. The van der Waals surface area contributed by atoms with Crippen molar-refractivity contribution in [2.24, 2.45) is 5.10 Å². The molecule has 138 valence electrons. The van der Waals surface area contributed by atoms with Gasteiger partial charge in [0.1, 0.15) is 17.6 Å². The molecule has 0 aliphatic carbocycles. The standard InChI is InChI=1S/C19H17ClN4O2S/c20-14-6-8-15(9-7-14)26-16-4-1-3-13(11-16)12-21-24-18(22-23-19(24)27)17-5-2-10-25-17/h1,3-4,6-9,11-12,17H,2,5,10H2,(H,23,27)/b21-12-/t17-/m1/s1. The van der Waals surface area contributed by atoms with Crippen molar-refractivity contribution in [3.63, 3.8) is 0 Å². The average molecular weight is 401 g/mol. The first-order valence-electron chi connectivity index (χ1n) is 8.56. The van der Waals surface area contributed by atoms with Crippen molar-refractivity contribution in [1.82, 2.24) is 14.9 Å². The molecule has 1 aliphatic heterocycles. The Hall–Kier alpha value is -2.48. The molecule has 0 amide bonds. The van der Waals surface area contributed by atoms with Crippen LogP contribution in [0.2, 0.25) is 5.02 Å². The summed E-state index contributed by atoms with van der Waals surface area (Å²) in [7, 11) is 0. The number of benzene rings is 2. The first-order valence-corrected chi connectivity index (χ1v) is 9.34. The molecule has 3 aromatic rings. The van der Waals surface area contributed by atoms with Crippen LogP contribution in [0.25, 0.3) is 0 Å². The summed E-state index contributed by atoms with van der Waals surface area (Å²) in [6.45, 7) is 0.734. The molecule has 8 heteroatoms. The Morgan fingerprint density at radius 1 is 1.26 bits per heavy atom. The van der Waals surface area contributed by atoms with Crippen molar-refractivity contribution in [1.29, 1.82) is 0 Å². The van der Waals surface area contributed by atoms with Gasteiger partial charge in [-0.05, 0) is 67.0 Å². The van der Waals surface area contributed by atoms with E-state index in [1.54, 1.807) is 23.0 Å². The molecule has 0 unspecified atom stereocenters. The van der Waals surface area contributed by atoms with Gasteiger partial charge in [0, 0.05) is 11.6 Å². The summed E-state index contributed by atoms with van der Waals surface area (Å²) in [5.74, 6) is 2.12. The zero-order valence-corrected chi connectivity index (χ0v) is 15.9. The normalized spacial score (nSPS) is 16.9. The van der Waals surface area contributed by atoms with E-state index < -0.39 is 0 Å². The first-order chi connectivity index (χ1) is 13.2. The maximum absolute atomic E-state index is 5.90. The second-order valence-electron chi connectivity index (χ2n) is 6.07. The van der Waals surface area contributed by atoms with E-state index in [9.17, 15) is 0 Å². The monoisotopic (exact) mass is 400 g/mol. The number of nitrogens with zero attached hydrogens (tertiary/aromatic N) is 3. The number of hydrogen-bond acceptors (Lipinski definition) is 5. The lowest BCUT2D eigenvalue weighted by molar-refractivity contribution is 0.102. The van der Waals surface area contributed by atoms with Crippen molar-refractivity contribution in [2.75, 3.05) is 6.61 Å². The molecule has 27 heavy (non-hydrogen) atoms. The summed E-state index contributed by atoms with van der Waals surface area (Å²) in [6.07, 6.45) is 3.57. The number of aromatic amines is 1. The average Bonchev–Trinajstić information content (AvgIpc) is 3.32. The Bertz CT molecular complexity index is 1010. The van der Waals surface area contributed by atoms with E-state index in [2.05, 4.69) is 15.3 Å². The molecule has 1 atom stereocenters. The second-order valence-corrected chi connectivity index (χ2v) is 6.90. The maximum atomic E-state index is 5.90. The molecule has 0 radical (unpaired) electrons. The molecule has 1 fully saturated rings. The maximum Gasteiger partial charge on any atom is 0.216 e. The van der Waals surface area contributed by atoms with Crippen LogP contribution in [0.4, 0.5) is 0 Å². The van der Waals surface area contributed by atoms with Crippen LogP contribution in [0.15, 0.2) is 53.6 Å². The van der Waals surface area contributed by atoms with E-state index in [4.69, 9.17) is 33.3 Å². The van der Waals surface area contributed by atoms with Crippen molar-refractivity contribution in [3.05, 3.63) is 69.7 Å². The molecule has 2 heterocycles. The van der Waals surface area contributed by atoms with Crippen molar-refractivity contribution >= 4 is 30.0 Å². The Kier molecular flexibility index (Phi) is 5.33. The van der Waals surface area contributed by atoms with Gasteiger partial charge in [0.15, 0.2) is 5.82 Å². The number of hydrogen-bond donors (Lipinski definition) is 1. The fraction of sp³-hybridized carbons (Fsp3) is 0.211. The molecule has 1 aliphatic rings. The highest BCUT2D eigenvalue weighted by molar-refractivity contribution is 7.71. The molecule has 1 N–H and O–H groups in total. The Morgan fingerprint density at radius 2 is 2.11 bits per heavy atom. The van der Waals surface area contributed by atoms with Crippen molar-refractivity contribution in [3.8, 4) is 11.5 Å². The summed E-state index contributed by atoms with van der Waals surface area (Å²) < 4.78 is 13.6. The third-order valence-corrected chi connectivity index (χ3v) is 4.64. The van der Waals surface area contributed by atoms with E-state index in [1.165, 1.54) is 0 Å². The summed E-state index contributed by atoms with van der Waals surface area (Å²) in [5.41, 5.74) is 0.878. The van der Waals surface area contributed by atoms with Gasteiger partial charge in [-0.1, -0.05) is 23.7 Å². The predicted octanol–water partition coefficient (Wildman–Crippen LogP) is 5.12. The van der Waals surface area contributed by atoms with Crippen LogP contribution in [0.1, 0.15) is 30.3 Å². The van der Waals surface area contributed by atoms with Gasteiger partial charge >= 0.3 is 0 Å². The highest BCUT2D eigenvalue weighted by Crippen LogP contribution is 2.27. The number of nitrogens with one attached hydrogen (secondary N) is 1. The van der Waals surface area contributed by atoms with Crippen LogP contribution in [0.3, 0.4) is 0 Å². The zero-order valence-electron chi connectivity index (χ0n) is 14.3. The lowest BCUT2D eigenvalue weighted by atomic mass is 10.2. The summed E-state index contributed by atoms with van der Waals surface area (Å²) >= 11 is 11.2. The van der Waals surface area contributed by atoms with Crippen LogP contribution < -0.4 is 4.74 Å². The first kappa shape index (κ1) is 17.9. The van der Waals surface area contributed by atoms with Gasteiger partial charge in [-0.3, -0.25) is 5.10 Å². The highest BCUT2D eigenvalue weighted by Gasteiger charge is 2.23. The van der Waals surface area contributed by atoms with E-state index in [0.29, 0.717) is 27.1 Å². The van der Waals surface area contributed by atoms with Gasteiger partial charge in [0.2, 0.25) is 4.77 Å². The van der Waals surface area contributed by atoms with Crippen LogP contribution in [0.5, 0.6) is 11.5 Å². The third kappa shape index (κ3) is 4.27. The van der Waals surface area contributed by atoms with Gasteiger partial charge in [-0.25, -0.2) is 0 Å². The molecule has 2 aromatic carbocycles. The number of halogens is 1. The number of H-pyrrole nitrogens is 1. The number of aromatic nitrogens is 3. The van der Waals surface area contributed by atoms with Gasteiger partial charge in [0.25, 0.3) is 0 Å². The lowest BCUT2D eigenvalue weighted by Gasteiger charge is -2.08. The molecule has 0 spiro atoms. The molecule has 0 saturated carbocycles. The van der Waals surface area contributed by atoms with Crippen LogP contribution >= 0.6 is 23.8 Å². The Labute approximate surface area is 166 Å². The molecule has 4 rings (SSSR count). The Balaban J connectivity index is 1.54. The van der Waals surface area contributed by atoms with Gasteiger partial charge in [-0.15, -0.1) is 0 Å². The third-order valence-electron chi connectivity index (χ3n) is 4.12. The van der Waals surface area contributed by atoms with E-state index in [1.807, 2.05) is 36.4 Å². The topological polar surface area (TPSA) is 64.4 Å². The SMILES string of the molecule is S=c1[nH]nc([C@H]2CCCO2)n1/N=C\c1cccc(Oc2ccc(Cl)cc2)c1. The second kappa shape index (κ2) is 8.04. The predicted molar refractivity (Wildman–Crippen MR) is 106 cm³/mol. The largest absolute Gasteiger partial charge is 0.457 e. The summed E-state index contributed by atoms with van der Waals surface area (Å²) in [5, 5.41) is 12.2. The Morgan fingerprint density at radius 3 is 2.89 bits per heavy atom. The fourth-order valence-corrected chi connectivity index (χ4v) is 3.14. The fourth-order valence-electron chi connectivity index (χ4n) is 2.83. The van der Waals surface area contributed by atoms with Crippen LogP contribution in [-0.4, -0.2) is 27.7 Å². The van der Waals surface area contributed by atoms with Crippen LogP contribution in [0, 0.1) is 4.77 Å². The highest BCUT2D eigenvalue weighted by atomic mass is 35.5. The number of rotatable bonds is 5. The molecule has 0 bridgehead atoms. The molecule has 1 aromatic heterocycles. The summed E-state index contributed by atoms with van der Waals surface area (Å²) in [4.78, 5) is 0. The van der Waals surface area contributed by atoms with Crippen LogP contribution in [-0.2, 0) is 4.74 Å². The quantitative estimate of drug-likeness (QED) is 0.477. The van der Waals surface area contributed by atoms with Gasteiger partial charge in [-0.2, -0.15) is 14.9 Å². The van der Waals surface area contributed by atoms with Gasteiger partial charge in [0.05, 0.1) is 6.21 Å². The minimum absolute atomic E-state index is 0.0744. The van der Waals surface area contributed by atoms with Gasteiger partial charge < -0.3 is 9.47 Å². The van der Waals surface area contributed by atoms with E-state index >= 15 is 0 Å². The molecular weight excluding hydrogens is 384 g/mol. The van der Waals surface area contributed by atoms with E-state index in [0.717, 1.165) is 25.0 Å². The molecular formula is C19H17ClN4O2S. The van der Waals surface area contributed by atoms with Crippen molar-refractivity contribution in [2.45, 2.75) is 18.9 Å². The molecule has 1 saturated heterocycles. The minimum Gasteiger partial charge on any atom is -0.457 e. The zero-order chi connectivity index (χ0) is 18.6. The van der Waals surface area contributed by atoms with Crippen molar-refractivity contribution < 1.29 is 9.47 Å².